The molecule has 8 nitrogen and oxygen atoms in total. The lowest BCUT2D eigenvalue weighted by molar-refractivity contribution is -0.147. The molecule has 8 heteroatoms. The molecule has 0 radical (unpaired) electrons. The molecule has 1 fully saturated rings. The number of aryl methyl sites for hydroxylation is 1. The van der Waals surface area contributed by atoms with E-state index in [0.29, 0.717) is 0 Å². The highest BCUT2D eigenvalue weighted by molar-refractivity contribution is 5.95. The number of nitrogens with zero attached hydrogens (tertiary/aromatic N) is 2. The molecule has 2 aromatic rings. The first kappa shape index (κ1) is 18.6. The normalized spacial score (nSPS) is 13.1. The lowest BCUT2D eigenvalue weighted by Crippen LogP contribution is -2.42. The molecule has 142 valence electrons. The van der Waals surface area contributed by atoms with Gasteiger partial charge in [0.1, 0.15) is 0 Å². The number of para-hydroxylation sites is 1. The molecule has 0 bridgehead atoms. The minimum atomic E-state index is -0.657. The number of hydrogen-bond acceptors (Lipinski definition) is 5. The van der Waals surface area contributed by atoms with Crippen LogP contribution in [0.5, 0.6) is 0 Å². The molecule has 1 aromatic heterocycles. The summed E-state index contributed by atoms with van der Waals surface area (Å²) in [5.74, 6) is -1.21. The van der Waals surface area contributed by atoms with Crippen molar-refractivity contribution in [2.75, 3.05) is 6.61 Å². The summed E-state index contributed by atoms with van der Waals surface area (Å²) in [6, 6.07) is 9.19. The van der Waals surface area contributed by atoms with Crippen LogP contribution in [0.3, 0.4) is 0 Å². The Hall–Kier alpha value is -3.16. The lowest BCUT2D eigenvalue weighted by Gasteiger charge is -2.07. The fourth-order valence-electron chi connectivity index (χ4n) is 2.70. The molecule has 2 N–H and O–H groups in total. The highest BCUT2D eigenvalue weighted by Gasteiger charge is 2.24. The second-order valence-electron chi connectivity index (χ2n) is 6.53. The van der Waals surface area contributed by atoms with E-state index in [1.807, 2.05) is 44.2 Å². The number of aromatic nitrogens is 2. The molecular formula is C19H22N4O4. The van der Waals surface area contributed by atoms with E-state index in [0.717, 1.165) is 35.5 Å². The summed E-state index contributed by atoms with van der Waals surface area (Å²) in [6.45, 7) is 3.20. The number of esters is 1. The molecule has 1 aromatic carbocycles. The van der Waals surface area contributed by atoms with Crippen LogP contribution < -0.4 is 10.6 Å². The number of ether oxygens (including phenoxy) is 1. The predicted octanol–water partition coefficient (Wildman–Crippen LogP) is 1.56. The highest BCUT2D eigenvalue weighted by Crippen LogP contribution is 2.19. The van der Waals surface area contributed by atoms with Crippen LogP contribution in [-0.4, -0.2) is 40.3 Å². The van der Waals surface area contributed by atoms with Crippen LogP contribution in [0.25, 0.3) is 5.69 Å². The van der Waals surface area contributed by atoms with Gasteiger partial charge in [-0.15, -0.1) is 0 Å². The number of carbonyl (C=O) groups excluding carboxylic acids is 3. The number of hydrogen-bond donors (Lipinski definition) is 2. The minimum absolute atomic E-state index is 0.00600. The molecule has 27 heavy (non-hydrogen) atoms. The van der Waals surface area contributed by atoms with Gasteiger partial charge in [-0.05, 0) is 38.8 Å². The Labute approximate surface area is 156 Å². The fourth-order valence-corrected chi connectivity index (χ4v) is 2.70. The number of urea groups is 1. The highest BCUT2D eigenvalue weighted by atomic mass is 16.5. The molecule has 0 atom stereocenters. The van der Waals surface area contributed by atoms with Gasteiger partial charge in [0.2, 0.25) is 0 Å². The minimum Gasteiger partial charge on any atom is -0.455 e. The largest absolute Gasteiger partial charge is 0.455 e. The summed E-state index contributed by atoms with van der Waals surface area (Å²) >= 11 is 0. The van der Waals surface area contributed by atoms with E-state index in [-0.39, 0.29) is 12.5 Å². The monoisotopic (exact) mass is 370 g/mol. The Kier molecular flexibility index (Phi) is 5.54. The van der Waals surface area contributed by atoms with Crippen LogP contribution in [0.2, 0.25) is 0 Å². The van der Waals surface area contributed by atoms with Crippen LogP contribution in [0.1, 0.15) is 29.8 Å². The molecule has 0 saturated heterocycles. The van der Waals surface area contributed by atoms with Crippen molar-refractivity contribution < 1.29 is 19.1 Å². The van der Waals surface area contributed by atoms with Crippen molar-refractivity contribution in [2.45, 2.75) is 39.2 Å². The summed E-state index contributed by atoms with van der Waals surface area (Å²) in [5.41, 5.74) is 3.22. The maximum atomic E-state index is 12.1. The van der Waals surface area contributed by atoms with Crippen LogP contribution in [0.15, 0.2) is 30.3 Å². The predicted molar refractivity (Wildman–Crippen MR) is 97.4 cm³/mol. The van der Waals surface area contributed by atoms with E-state index in [4.69, 9.17) is 4.74 Å². The van der Waals surface area contributed by atoms with Gasteiger partial charge in [-0.1, -0.05) is 18.2 Å². The van der Waals surface area contributed by atoms with Gasteiger partial charge in [0.15, 0.2) is 6.61 Å². The third kappa shape index (κ3) is 4.93. The van der Waals surface area contributed by atoms with E-state index < -0.39 is 24.5 Å². The van der Waals surface area contributed by atoms with Crippen molar-refractivity contribution in [1.29, 1.82) is 0 Å². The Morgan fingerprint density at radius 3 is 2.56 bits per heavy atom. The van der Waals surface area contributed by atoms with Crippen LogP contribution in [-0.2, 0) is 20.7 Å². The molecule has 3 rings (SSSR count). The average Bonchev–Trinajstić information content (AvgIpc) is 3.41. The molecule has 3 amide bonds. The van der Waals surface area contributed by atoms with E-state index in [1.165, 1.54) is 0 Å². The van der Waals surface area contributed by atoms with Gasteiger partial charge in [-0.2, -0.15) is 5.10 Å². The Morgan fingerprint density at radius 1 is 1.19 bits per heavy atom. The summed E-state index contributed by atoms with van der Waals surface area (Å²) in [7, 11) is 0. The van der Waals surface area contributed by atoms with Crippen LogP contribution in [0, 0.1) is 13.8 Å². The topological polar surface area (TPSA) is 102 Å². The van der Waals surface area contributed by atoms with Gasteiger partial charge < -0.3 is 10.1 Å². The Morgan fingerprint density at radius 2 is 1.89 bits per heavy atom. The second kappa shape index (κ2) is 8.03. The number of rotatable bonds is 6. The summed E-state index contributed by atoms with van der Waals surface area (Å²) in [5, 5.41) is 9.24. The summed E-state index contributed by atoms with van der Waals surface area (Å²) in [6.07, 6.45) is 1.85. The molecular weight excluding hydrogens is 348 g/mol. The van der Waals surface area contributed by atoms with Crippen molar-refractivity contribution >= 4 is 17.9 Å². The maximum Gasteiger partial charge on any atom is 0.321 e. The Balaban J connectivity index is 1.54. The van der Waals surface area contributed by atoms with Gasteiger partial charge in [-0.3, -0.25) is 14.9 Å². The number of nitrogens with one attached hydrogen (secondary N) is 2. The molecule has 1 saturated carbocycles. The van der Waals surface area contributed by atoms with Crippen molar-refractivity contribution in [1.82, 2.24) is 20.4 Å². The summed E-state index contributed by atoms with van der Waals surface area (Å²) in [4.78, 5) is 35.2. The molecule has 1 aliphatic carbocycles. The first-order valence-corrected chi connectivity index (χ1v) is 8.80. The van der Waals surface area contributed by atoms with Crippen LogP contribution >= 0.6 is 0 Å². The summed E-state index contributed by atoms with van der Waals surface area (Å²) < 4.78 is 6.76. The van der Waals surface area contributed by atoms with Crippen molar-refractivity contribution in [3.05, 3.63) is 47.3 Å². The SMILES string of the molecule is Cc1nn(-c2ccccc2)c(C)c1CC(=O)OCC(=O)NC(=O)NC1CC1. The third-order valence-corrected chi connectivity index (χ3v) is 4.29. The van der Waals surface area contributed by atoms with Gasteiger partial charge in [0.05, 0.1) is 17.8 Å². The van der Waals surface area contributed by atoms with Crippen LogP contribution in [0.4, 0.5) is 4.79 Å². The van der Waals surface area contributed by atoms with E-state index in [9.17, 15) is 14.4 Å². The number of benzene rings is 1. The number of imide groups is 1. The fraction of sp³-hybridized carbons (Fsp3) is 0.368. The molecule has 0 spiro atoms. The van der Waals surface area contributed by atoms with Crippen molar-refractivity contribution in [3.63, 3.8) is 0 Å². The Bertz CT molecular complexity index is 856. The maximum absolute atomic E-state index is 12.1. The van der Waals surface area contributed by atoms with Gasteiger partial charge in [0, 0.05) is 17.3 Å². The number of carbonyl (C=O) groups is 3. The van der Waals surface area contributed by atoms with Gasteiger partial charge in [0.25, 0.3) is 5.91 Å². The first-order valence-electron chi connectivity index (χ1n) is 8.80. The third-order valence-electron chi connectivity index (χ3n) is 4.29. The van der Waals surface area contributed by atoms with Gasteiger partial charge >= 0.3 is 12.0 Å². The molecule has 0 unspecified atom stereocenters. The standard InChI is InChI=1S/C19H22N4O4/c1-12-16(13(2)23(22-12)15-6-4-3-5-7-15)10-18(25)27-11-17(24)21-19(26)20-14-8-9-14/h3-7,14H,8-11H2,1-2H3,(H2,20,21,24,26). The average molecular weight is 370 g/mol. The van der Waals surface area contributed by atoms with Gasteiger partial charge in [-0.25, -0.2) is 9.48 Å². The first-order chi connectivity index (χ1) is 12.9. The zero-order chi connectivity index (χ0) is 19.4. The lowest BCUT2D eigenvalue weighted by atomic mass is 10.1. The molecule has 1 aliphatic rings. The van der Waals surface area contributed by atoms with Crippen molar-refractivity contribution in [2.24, 2.45) is 0 Å². The quantitative estimate of drug-likeness (QED) is 0.752. The zero-order valence-electron chi connectivity index (χ0n) is 15.3. The van der Waals surface area contributed by atoms with E-state index in [1.54, 1.807) is 4.68 Å². The zero-order valence-corrected chi connectivity index (χ0v) is 15.3. The van der Waals surface area contributed by atoms with Crippen molar-refractivity contribution in [3.8, 4) is 5.69 Å². The molecule has 0 aliphatic heterocycles. The second-order valence-corrected chi connectivity index (χ2v) is 6.53. The number of amides is 3. The smallest absolute Gasteiger partial charge is 0.321 e. The van der Waals surface area contributed by atoms with E-state index in [2.05, 4.69) is 15.7 Å². The molecule has 1 heterocycles. The van der Waals surface area contributed by atoms with E-state index >= 15 is 0 Å².